The lowest BCUT2D eigenvalue weighted by Crippen LogP contribution is -2.01. The van der Waals surface area contributed by atoms with Crippen molar-refractivity contribution >= 4 is 33.2 Å². The Labute approximate surface area is 119 Å². The number of benzene rings is 2. The first-order chi connectivity index (χ1) is 8.70. The standard InChI is InChI=1S/C14H12BrClFN/c15-14-11(2-1-3-13(14)17)9-18-12-6-4-10(8-16)5-7-12/h1-7,18H,8-9H2. The van der Waals surface area contributed by atoms with Crippen molar-refractivity contribution in [2.45, 2.75) is 12.4 Å². The van der Waals surface area contributed by atoms with Crippen LogP contribution in [0.2, 0.25) is 0 Å². The highest BCUT2D eigenvalue weighted by atomic mass is 79.9. The van der Waals surface area contributed by atoms with Crippen LogP contribution in [0.5, 0.6) is 0 Å². The number of alkyl halides is 1. The summed E-state index contributed by atoms with van der Waals surface area (Å²) in [4.78, 5) is 0. The van der Waals surface area contributed by atoms with Gasteiger partial charge in [-0.05, 0) is 45.3 Å². The molecule has 2 aromatic rings. The van der Waals surface area contributed by atoms with Crippen molar-refractivity contribution in [2.24, 2.45) is 0 Å². The van der Waals surface area contributed by atoms with Crippen molar-refractivity contribution in [3.05, 3.63) is 63.9 Å². The van der Waals surface area contributed by atoms with Crippen LogP contribution in [-0.4, -0.2) is 0 Å². The first-order valence-corrected chi connectivity index (χ1v) is 6.85. The van der Waals surface area contributed by atoms with Crippen LogP contribution in [0.4, 0.5) is 10.1 Å². The summed E-state index contributed by atoms with van der Waals surface area (Å²) >= 11 is 8.97. The molecule has 1 N–H and O–H groups in total. The van der Waals surface area contributed by atoms with Gasteiger partial charge >= 0.3 is 0 Å². The Balaban J connectivity index is 2.04. The fraction of sp³-hybridized carbons (Fsp3) is 0.143. The third kappa shape index (κ3) is 3.24. The van der Waals surface area contributed by atoms with Crippen LogP contribution >= 0.6 is 27.5 Å². The molecule has 2 rings (SSSR count). The summed E-state index contributed by atoms with van der Waals surface area (Å²) in [5.74, 6) is 0.266. The van der Waals surface area contributed by atoms with Crippen LogP contribution in [-0.2, 0) is 12.4 Å². The van der Waals surface area contributed by atoms with Gasteiger partial charge in [0.1, 0.15) is 5.82 Å². The van der Waals surface area contributed by atoms with Crippen LogP contribution in [0.25, 0.3) is 0 Å². The van der Waals surface area contributed by atoms with E-state index in [9.17, 15) is 4.39 Å². The molecule has 0 spiro atoms. The maximum absolute atomic E-state index is 13.3. The second-order valence-corrected chi connectivity index (χ2v) is 4.96. The quantitative estimate of drug-likeness (QED) is 0.784. The third-order valence-electron chi connectivity index (χ3n) is 2.62. The molecule has 94 valence electrons. The maximum atomic E-state index is 13.3. The summed E-state index contributed by atoms with van der Waals surface area (Å²) in [6, 6.07) is 12.9. The lowest BCUT2D eigenvalue weighted by molar-refractivity contribution is 0.618. The number of rotatable bonds is 4. The maximum Gasteiger partial charge on any atom is 0.137 e. The normalized spacial score (nSPS) is 10.4. The van der Waals surface area contributed by atoms with E-state index < -0.39 is 0 Å². The molecule has 0 fully saturated rings. The van der Waals surface area contributed by atoms with Gasteiger partial charge in [0, 0.05) is 18.1 Å². The summed E-state index contributed by atoms with van der Waals surface area (Å²) in [5.41, 5.74) is 2.95. The van der Waals surface area contributed by atoms with E-state index >= 15 is 0 Å². The first-order valence-electron chi connectivity index (χ1n) is 5.52. The van der Waals surface area contributed by atoms with Gasteiger partial charge in [0.15, 0.2) is 0 Å². The minimum atomic E-state index is -0.244. The summed E-state index contributed by atoms with van der Waals surface area (Å²) in [6.07, 6.45) is 0. The molecule has 0 aliphatic carbocycles. The van der Waals surface area contributed by atoms with E-state index in [1.165, 1.54) is 6.07 Å². The number of hydrogen-bond acceptors (Lipinski definition) is 1. The van der Waals surface area contributed by atoms with Crippen molar-refractivity contribution in [2.75, 3.05) is 5.32 Å². The molecule has 0 aliphatic rings. The van der Waals surface area contributed by atoms with E-state index in [2.05, 4.69) is 21.2 Å². The Bertz CT molecular complexity index is 528. The van der Waals surface area contributed by atoms with Gasteiger partial charge in [-0.25, -0.2) is 4.39 Å². The van der Waals surface area contributed by atoms with Gasteiger partial charge in [0.2, 0.25) is 0 Å². The Morgan fingerprint density at radius 3 is 2.50 bits per heavy atom. The summed E-state index contributed by atoms with van der Waals surface area (Å²) in [5, 5.41) is 3.24. The average Bonchev–Trinajstić information content (AvgIpc) is 2.41. The van der Waals surface area contributed by atoms with Crippen LogP contribution < -0.4 is 5.32 Å². The van der Waals surface area contributed by atoms with E-state index in [0.717, 1.165) is 16.8 Å². The van der Waals surface area contributed by atoms with Crippen molar-refractivity contribution in [1.82, 2.24) is 0 Å². The number of hydrogen-bond donors (Lipinski definition) is 1. The molecular formula is C14H12BrClFN. The smallest absolute Gasteiger partial charge is 0.137 e. The van der Waals surface area contributed by atoms with Crippen LogP contribution in [0.15, 0.2) is 46.9 Å². The van der Waals surface area contributed by atoms with Crippen LogP contribution in [0, 0.1) is 5.82 Å². The zero-order valence-corrected chi connectivity index (χ0v) is 11.9. The van der Waals surface area contributed by atoms with Gasteiger partial charge < -0.3 is 5.32 Å². The van der Waals surface area contributed by atoms with E-state index in [-0.39, 0.29) is 5.82 Å². The first kappa shape index (κ1) is 13.4. The summed E-state index contributed by atoms with van der Waals surface area (Å²) < 4.78 is 13.8. The van der Waals surface area contributed by atoms with E-state index in [4.69, 9.17) is 11.6 Å². The SMILES string of the molecule is Fc1cccc(CNc2ccc(CCl)cc2)c1Br. The highest BCUT2D eigenvalue weighted by Crippen LogP contribution is 2.21. The highest BCUT2D eigenvalue weighted by molar-refractivity contribution is 9.10. The number of anilines is 1. The number of halogens is 3. The predicted octanol–water partition coefficient (Wildman–Crippen LogP) is 4.94. The van der Waals surface area contributed by atoms with E-state index in [1.807, 2.05) is 30.3 Å². The Hall–Kier alpha value is -1.06. The second-order valence-electron chi connectivity index (χ2n) is 3.90. The Morgan fingerprint density at radius 2 is 1.83 bits per heavy atom. The fourth-order valence-corrected chi connectivity index (χ4v) is 2.18. The van der Waals surface area contributed by atoms with Gasteiger partial charge in [0.05, 0.1) is 4.47 Å². The molecule has 0 saturated heterocycles. The van der Waals surface area contributed by atoms with Gasteiger partial charge in [0.25, 0.3) is 0 Å². The van der Waals surface area contributed by atoms with E-state index in [1.54, 1.807) is 6.07 Å². The van der Waals surface area contributed by atoms with Crippen molar-refractivity contribution in [3.8, 4) is 0 Å². The molecule has 2 aromatic carbocycles. The van der Waals surface area contributed by atoms with Gasteiger partial charge in [-0.2, -0.15) is 0 Å². The fourth-order valence-electron chi connectivity index (χ4n) is 1.59. The summed E-state index contributed by atoms with van der Waals surface area (Å²) in [7, 11) is 0. The molecule has 0 amide bonds. The number of nitrogens with one attached hydrogen (secondary N) is 1. The second kappa shape index (κ2) is 6.21. The molecule has 0 heterocycles. The van der Waals surface area contributed by atoms with Crippen molar-refractivity contribution in [1.29, 1.82) is 0 Å². The van der Waals surface area contributed by atoms with E-state index in [0.29, 0.717) is 16.9 Å². The zero-order chi connectivity index (χ0) is 13.0. The Morgan fingerprint density at radius 1 is 1.11 bits per heavy atom. The average molecular weight is 329 g/mol. The minimum Gasteiger partial charge on any atom is -0.381 e. The van der Waals surface area contributed by atoms with Gasteiger partial charge in [-0.15, -0.1) is 11.6 Å². The predicted molar refractivity (Wildman–Crippen MR) is 77.4 cm³/mol. The lowest BCUT2D eigenvalue weighted by Gasteiger charge is -2.09. The van der Waals surface area contributed by atoms with Gasteiger partial charge in [-0.1, -0.05) is 24.3 Å². The Kier molecular flexibility index (Phi) is 4.61. The molecule has 0 aliphatic heterocycles. The summed E-state index contributed by atoms with van der Waals surface area (Å²) in [6.45, 7) is 0.568. The monoisotopic (exact) mass is 327 g/mol. The topological polar surface area (TPSA) is 12.0 Å². The minimum absolute atomic E-state index is 0.244. The molecule has 18 heavy (non-hydrogen) atoms. The molecule has 0 saturated carbocycles. The highest BCUT2D eigenvalue weighted by Gasteiger charge is 2.04. The van der Waals surface area contributed by atoms with Crippen molar-refractivity contribution in [3.63, 3.8) is 0 Å². The van der Waals surface area contributed by atoms with Gasteiger partial charge in [-0.3, -0.25) is 0 Å². The molecule has 0 aromatic heterocycles. The molecule has 0 bridgehead atoms. The molecule has 0 radical (unpaired) electrons. The molecule has 0 atom stereocenters. The molecule has 0 unspecified atom stereocenters. The molecular weight excluding hydrogens is 317 g/mol. The zero-order valence-electron chi connectivity index (χ0n) is 9.59. The molecule has 1 nitrogen and oxygen atoms in total. The van der Waals surface area contributed by atoms with Crippen LogP contribution in [0.1, 0.15) is 11.1 Å². The molecule has 4 heteroatoms. The van der Waals surface area contributed by atoms with Crippen molar-refractivity contribution < 1.29 is 4.39 Å². The third-order valence-corrected chi connectivity index (χ3v) is 3.82. The largest absolute Gasteiger partial charge is 0.381 e. The van der Waals surface area contributed by atoms with Crippen LogP contribution in [0.3, 0.4) is 0 Å². The lowest BCUT2D eigenvalue weighted by atomic mass is 10.2.